The van der Waals surface area contributed by atoms with Crippen molar-refractivity contribution < 1.29 is 8.42 Å². The van der Waals surface area contributed by atoms with Crippen molar-refractivity contribution in [2.45, 2.75) is 4.90 Å². The third-order valence-electron chi connectivity index (χ3n) is 2.09. The number of hydrogen-bond acceptors (Lipinski definition) is 2. The lowest BCUT2D eigenvalue weighted by atomic mass is 10.2. The van der Waals surface area contributed by atoms with E-state index in [9.17, 15) is 8.42 Å². The first kappa shape index (κ1) is 9.95. The second kappa shape index (κ2) is 3.52. The molecule has 2 rings (SSSR count). The number of hydrogen-bond donors (Lipinski definition) is 2. The molecule has 0 saturated carbocycles. The van der Waals surface area contributed by atoms with Crippen molar-refractivity contribution in [1.29, 1.82) is 0 Å². The highest BCUT2D eigenvalue weighted by molar-refractivity contribution is 7.89. The van der Waals surface area contributed by atoms with Gasteiger partial charge < -0.3 is 4.98 Å². The summed E-state index contributed by atoms with van der Waals surface area (Å²) in [4.78, 5) is 3.15. The first-order valence-electron chi connectivity index (χ1n) is 4.34. The summed E-state index contributed by atoms with van der Waals surface area (Å²) >= 11 is 0. The van der Waals surface area contributed by atoms with Gasteiger partial charge in [0.1, 0.15) is 0 Å². The number of sulfonamides is 1. The SMILES string of the molecule is NS(=O)(=O)c1ccc(-c2ccc[nH]2)cc1. The molecule has 1 aromatic heterocycles. The molecule has 0 unspecified atom stereocenters. The summed E-state index contributed by atoms with van der Waals surface area (Å²) in [6.07, 6.45) is 1.81. The van der Waals surface area contributed by atoms with Gasteiger partial charge in [0.15, 0.2) is 0 Å². The molecule has 1 heterocycles. The van der Waals surface area contributed by atoms with Crippen LogP contribution in [0.2, 0.25) is 0 Å². The summed E-state index contributed by atoms with van der Waals surface area (Å²) in [7, 11) is -3.60. The molecule has 1 aromatic carbocycles. The van der Waals surface area contributed by atoms with Gasteiger partial charge in [-0.2, -0.15) is 0 Å². The van der Waals surface area contributed by atoms with Crippen LogP contribution in [-0.4, -0.2) is 13.4 Å². The average molecular weight is 222 g/mol. The Morgan fingerprint density at radius 2 is 1.73 bits per heavy atom. The van der Waals surface area contributed by atoms with Gasteiger partial charge in [-0.05, 0) is 29.8 Å². The van der Waals surface area contributed by atoms with Crippen molar-refractivity contribution >= 4 is 10.0 Å². The lowest BCUT2D eigenvalue weighted by Gasteiger charge is -2.00. The van der Waals surface area contributed by atoms with Crippen LogP contribution in [0.1, 0.15) is 0 Å². The molecular formula is C10H10N2O2S. The van der Waals surface area contributed by atoms with Gasteiger partial charge in [0.25, 0.3) is 0 Å². The fraction of sp³-hybridized carbons (Fsp3) is 0. The molecule has 0 bridgehead atoms. The molecule has 2 aromatic rings. The minimum Gasteiger partial charge on any atom is -0.361 e. The lowest BCUT2D eigenvalue weighted by Crippen LogP contribution is -2.11. The standard InChI is InChI=1S/C10H10N2O2S/c11-15(13,14)9-5-3-8(4-6-9)10-2-1-7-12-10/h1-7,12H,(H2,11,13,14). The van der Waals surface area contributed by atoms with Crippen molar-refractivity contribution in [2.75, 3.05) is 0 Å². The van der Waals surface area contributed by atoms with Gasteiger partial charge in [0.2, 0.25) is 10.0 Å². The lowest BCUT2D eigenvalue weighted by molar-refractivity contribution is 0.598. The van der Waals surface area contributed by atoms with Crippen LogP contribution in [0.15, 0.2) is 47.5 Å². The Kier molecular flexibility index (Phi) is 2.34. The molecule has 0 aliphatic rings. The zero-order valence-corrected chi connectivity index (χ0v) is 8.66. The van der Waals surface area contributed by atoms with E-state index in [1.165, 1.54) is 12.1 Å². The highest BCUT2D eigenvalue weighted by Gasteiger charge is 2.07. The molecule has 0 spiro atoms. The van der Waals surface area contributed by atoms with Crippen LogP contribution in [0.5, 0.6) is 0 Å². The molecule has 0 saturated heterocycles. The van der Waals surface area contributed by atoms with Crippen molar-refractivity contribution in [1.82, 2.24) is 4.98 Å². The number of aromatic amines is 1. The van der Waals surface area contributed by atoms with E-state index in [4.69, 9.17) is 5.14 Å². The van der Waals surface area contributed by atoms with Gasteiger partial charge in [-0.25, -0.2) is 13.6 Å². The van der Waals surface area contributed by atoms with Crippen LogP contribution < -0.4 is 5.14 Å². The van der Waals surface area contributed by atoms with E-state index in [1.807, 2.05) is 18.3 Å². The van der Waals surface area contributed by atoms with Crippen LogP contribution in [0, 0.1) is 0 Å². The Morgan fingerprint density at radius 3 is 2.20 bits per heavy atom. The molecule has 0 aliphatic heterocycles. The third-order valence-corrected chi connectivity index (χ3v) is 3.02. The molecule has 5 heteroatoms. The number of primary sulfonamides is 1. The van der Waals surface area contributed by atoms with Gasteiger partial charge in [0, 0.05) is 11.9 Å². The van der Waals surface area contributed by atoms with E-state index < -0.39 is 10.0 Å². The van der Waals surface area contributed by atoms with Crippen molar-refractivity contribution in [3.05, 3.63) is 42.6 Å². The molecule has 3 N–H and O–H groups in total. The van der Waals surface area contributed by atoms with Crippen LogP contribution in [0.4, 0.5) is 0 Å². The second-order valence-electron chi connectivity index (χ2n) is 3.15. The van der Waals surface area contributed by atoms with E-state index in [0.717, 1.165) is 11.3 Å². The Labute approximate surface area is 87.8 Å². The smallest absolute Gasteiger partial charge is 0.238 e. The second-order valence-corrected chi connectivity index (χ2v) is 4.71. The van der Waals surface area contributed by atoms with Gasteiger partial charge in [-0.1, -0.05) is 12.1 Å². The molecule has 0 aliphatic carbocycles. The monoisotopic (exact) mass is 222 g/mol. The molecule has 78 valence electrons. The van der Waals surface area contributed by atoms with Crippen LogP contribution >= 0.6 is 0 Å². The molecule has 4 nitrogen and oxygen atoms in total. The number of benzene rings is 1. The maximum absolute atomic E-state index is 11.0. The number of nitrogens with two attached hydrogens (primary N) is 1. The maximum atomic E-state index is 11.0. The fourth-order valence-corrected chi connectivity index (χ4v) is 1.85. The number of nitrogens with one attached hydrogen (secondary N) is 1. The normalized spacial score (nSPS) is 11.5. The average Bonchev–Trinajstić information content (AvgIpc) is 2.69. The number of rotatable bonds is 2. The first-order chi connectivity index (χ1) is 7.07. The predicted octanol–water partition coefficient (Wildman–Crippen LogP) is 1.33. The molecule has 0 amide bonds. The number of aromatic nitrogens is 1. The van der Waals surface area contributed by atoms with Crippen molar-refractivity contribution in [2.24, 2.45) is 5.14 Å². The molecule has 0 radical (unpaired) electrons. The zero-order valence-electron chi connectivity index (χ0n) is 7.84. The molecule has 0 fully saturated rings. The fourth-order valence-electron chi connectivity index (χ4n) is 1.33. The Morgan fingerprint density at radius 1 is 1.07 bits per heavy atom. The summed E-state index contributed by atoms with van der Waals surface area (Å²) in [6.45, 7) is 0. The summed E-state index contributed by atoms with van der Waals surface area (Å²) in [6, 6.07) is 10.2. The van der Waals surface area contributed by atoms with Crippen LogP contribution in [0.25, 0.3) is 11.3 Å². The van der Waals surface area contributed by atoms with Crippen LogP contribution in [-0.2, 0) is 10.0 Å². The molecular weight excluding hydrogens is 212 g/mol. The Balaban J connectivity index is 2.42. The topological polar surface area (TPSA) is 76.0 Å². The van der Waals surface area contributed by atoms with E-state index in [0.29, 0.717) is 0 Å². The van der Waals surface area contributed by atoms with E-state index in [-0.39, 0.29) is 4.90 Å². The van der Waals surface area contributed by atoms with Gasteiger partial charge >= 0.3 is 0 Å². The summed E-state index contributed by atoms with van der Waals surface area (Å²) in [5, 5.41) is 4.99. The Hall–Kier alpha value is -1.59. The van der Waals surface area contributed by atoms with Crippen molar-refractivity contribution in [3.63, 3.8) is 0 Å². The summed E-state index contributed by atoms with van der Waals surface area (Å²) < 4.78 is 22.0. The summed E-state index contributed by atoms with van der Waals surface area (Å²) in [5.74, 6) is 0. The van der Waals surface area contributed by atoms with Gasteiger partial charge in [-0.15, -0.1) is 0 Å². The van der Waals surface area contributed by atoms with Gasteiger partial charge in [0.05, 0.1) is 4.90 Å². The predicted molar refractivity (Wildman–Crippen MR) is 57.6 cm³/mol. The Bertz CT molecular complexity index is 542. The molecule has 0 atom stereocenters. The van der Waals surface area contributed by atoms with Crippen molar-refractivity contribution in [3.8, 4) is 11.3 Å². The minimum absolute atomic E-state index is 0.123. The quantitative estimate of drug-likeness (QED) is 0.804. The van der Waals surface area contributed by atoms with E-state index >= 15 is 0 Å². The highest BCUT2D eigenvalue weighted by atomic mass is 32.2. The highest BCUT2D eigenvalue weighted by Crippen LogP contribution is 2.18. The minimum atomic E-state index is -3.60. The summed E-state index contributed by atoms with van der Waals surface area (Å²) in [5.41, 5.74) is 1.86. The van der Waals surface area contributed by atoms with Gasteiger partial charge in [-0.3, -0.25) is 0 Å². The number of H-pyrrole nitrogens is 1. The maximum Gasteiger partial charge on any atom is 0.238 e. The zero-order chi connectivity index (χ0) is 10.9. The van der Waals surface area contributed by atoms with E-state index in [2.05, 4.69) is 4.98 Å². The first-order valence-corrected chi connectivity index (χ1v) is 5.88. The molecule has 15 heavy (non-hydrogen) atoms. The van der Waals surface area contributed by atoms with Crippen LogP contribution in [0.3, 0.4) is 0 Å². The largest absolute Gasteiger partial charge is 0.361 e. The third kappa shape index (κ3) is 2.08. The van der Waals surface area contributed by atoms with E-state index in [1.54, 1.807) is 12.1 Å².